The molecule has 1 aliphatic rings. The summed E-state index contributed by atoms with van der Waals surface area (Å²) in [5.74, 6) is -1.06. The van der Waals surface area contributed by atoms with E-state index in [1.807, 2.05) is 0 Å². The van der Waals surface area contributed by atoms with Crippen LogP contribution >= 0.6 is 7.82 Å². The Morgan fingerprint density at radius 2 is 2.09 bits per heavy atom. The van der Waals surface area contributed by atoms with Crippen LogP contribution in [-0.2, 0) is 13.8 Å². The van der Waals surface area contributed by atoms with Crippen LogP contribution in [-0.4, -0.2) is 60.4 Å². The lowest BCUT2D eigenvalue weighted by atomic mass is 10.1. The quantitative estimate of drug-likeness (QED) is 0.306. The maximum absolute atomic E-state index is 11.1. The van der Waals surface area contributed by atoms with Crippen LogP contribution in [0.4, 0.5) is 5.82 Å². The Hall–Kier alpha value is -1.53. The molecule has 0 spiro atoms. The van der Waals surface area contributed by atoms with Gasteiger partial charge in [-0.1, -0.05) is 0 Å². The van der Waals surface area contributed by atoms with Crippen molar-refractivity contribution in [2.24, 2.45) is 5.73 Å². The van der Waals surface area contributed by atoms with Gasteiger partial charge in [-0.2, -0.15) is 0 Å². The number of phosphoric ester groups is 1. The average Bonchev–Trinajstić information content (AvgIpc) is 2.90. The number of hydrogen-bond acceptors (Lipinski definition) is 8. The van der Waals surface area contributed by atoms with Gasteiger partial charge >= 0.3 is 7.82 Å². The second-order valence-corrected chi connectivity index (χ2v) is 5.82. The minimum Gasteiger partial charge on any atom is -0.387 e. The molecule has 0 bridgehead atoms. The summed E-state index contributed by atoms with van der Waals surface area (Å²) in [5.41, 5.74) is 10.5. The lowest BCUT2D eigenvalue weighted by molar-refractivity contribution is -0.0510. The van der Waals surface area contributed by atoms with Crippen molar-refractivity contribution in [3.63, 3.8) is 0 Å². The number of rotatable bonds is 5. The summed E-state index contributed by atoms with van der Waals surface area (Å²) >= 11 is 0. The first-order valence-electron chi connectivity index (χ1n) is 5.95. The van der Waals surface area contributed by atoms with Gasteiger partial charge < -0.3 is 36.2 Å². The first-order valence-corrected chi connectivity index (χ1v) is 7.48. The number of ether oxygens (including phenoxy) is 1. The van der Waals surface area contributed by atoms with E-state index in [4.69, 9.17) is 26.0 Å². The van der Waals surface area contributed by atoms with Gasteiger partial charge in [0.25, 0.3) is 5.91 Å². The summed E-state index contributed by atoms with van der Waals surface area (Å²) in [4.78, 5) is 32.0. The van der Waals surface area contributed by atoms with Gasteiger partial charge in [0.05, 0.1) is 12.9 Å². The molecule has 22 heavy (non-hydrogen) atoms. The molecule has 0 aromatic carbocycles. The van der Waals surface area contributed by atoms with Crippen LogP contribution in [0.3, 0.4) is 0 Å². The van der Waals surface area contributed by atoms with Crippen molar-refractivity contribution in [3.05, 3.63) is 12.0 Å². The van der Waals surface area contributed by atoms with E-state index in [0.717, 1.165) is 10.9 Å². The number of carbonyl (C=O) groups is 1. The Labute approximate surface area is 123 Å². The maximum atomic E-state index is 11.1. The number of nitrogen functional groups attached to an aromatic ring is 1. The minimum absolute atomic E-state index is 0.180. The number of amides is 1. The Bertz CT molecular complexity index is 615. The van der Waals surface area contributed by atoms with Crippen molar-refractivity contribution >= 4 is 19.5 Å². The summed E-state index contributed by atoms with van der Waals surface area (Å²) in [6, 6.07) is 0. The van der Waals surface area contributed by atoms with Gasteiger partial charge in [0, 0.05) is 0 Å². The molecule has 124 valence electrons. The van der Waals surface area contributed by atoms with E-state index >= 15 is 0 Å². The minimum atomic E-state index is -4.75. The lowest BCUT2D eigenvalue weighted by Crippen LogP contribution is -2.33. The van der Waals surface area contributed by atoms with Crippen LogP contribution in [0, 0.1) is 0 Å². The molecule has 0 aliphatic carbocycles. The predicted octanol–water partition coefficient (Wildman–Crippen LogP) is -2.71. The maximum Gasteiger partial charge on any atom is 0.469 e. The van der Waals surface area contributed by atoms with Gasteiger partial charge in [-0.05, 0) is 0 Å². The zero-order chi connectivity index (χ0) is 16.7. The number of nitrogens with zero attached hydrogens (tertiary/aromatic N) is 2. The Morgan fingerprint density at radius 3 is 2.59 bits per heavy atom. The second-order valence-electron chi connectivity index (χ2n) is 4.58. The molecule has 2 rings (SSSR count). The van der Waals surface area contributed by atoms with Crippen LogP contribution in [0.5, 0.6) is 0 Å². The van der Waals surface area contributed by atoms with Crippen LogP contribution in [0.25, 0.3) is 0 Å². The third kappa shape index (κ3) is 3.28. The molecule has 13 heteroatoms. The Kier molecular flexibility index (Phi) is 4.54. The van der Waals surface area contributed by atoms with Crippen LogP contribution in [0.2, 0.25) is 0 Å². The van der Waals surface area contributed by atoms with Crippen LogP contribution in [0.1, 0.15) is 16.7 Å². The van der Waals surface area contributed by atoms with Gasteiger partial charge in [-0.15, -0.1) is 0 Å². The number of imidazole rings is 1. The standard InChI is InChI=1S/C9H15N4O8P/c10-7-4(8(11)16)12-2-13(7)9-6(15)5(14)3(21-9)1-20-22(17,18)19/h2-3,5-6,9,14-15H,1,10H2,(H2,11,16)(H2,17,18,19)/t3-,5+,6-,9+/m0/s1. The van der Waals surface area contributed by atoms with Gasteiger partial charge in [0.15, 0.2) is 11.9 Å². The Balaban J connectivity index is 2.16. The molecule has 12 nitrogen and oxygen atoms in total. The monoisotopic (exact) mass is 338 g/mol. The van der Waals surface area contributed by atoms with Crippen molar-refractivity contribution in [2.45, 2.75) is 24.5 Å². The number of carbonyl (C=O) groups excluding carboxylic acids is 1. The largest absolute Gasteiger partial charge is 0.469 e. The molecule has 1 aromatic heterocycles. The van der Waals surface area contributed by atoms with E-state index in [1.165, 1.54) is 0 Å². The third-order valence-corrected chi connectivity index (χ3v) is 3.57. The fourth-order valence-corrected chi connectivity index (χ4v) is 2.37. The fraction of sp³-hybridized carbons (Fsp3) is 0.556. The smallest absolute Gasteiger partial charge is 0.387 e. The number of phosphoric acid groups is 1. The zero-order valence-electron chi connectivity index (χ0n) is 11.0. The number of anilines is 1. The van der Waals surface area contributed by atoms with Gasteiger partial charge in [0.2, 0.25) is 0 Å². The highest BCUT2D eigenvalue weighted by Gasteiger charge is 2.45. The lowest BCUT2D eigenvalue weighted by Gasteiger charge is -2.17. The Morgan fingerprint density at radius 1 is 1.45 bits per heavy atom. The summed E-state index contributed by atoms with van der Waals surface area (Å²) in [6.07, 6.45) is -4.33. The topological polar surface area (TPSA) is 203 Å². The molecule has 1 saturated heterocycles. The van der Waals surface area contributed by atoms with Gasteiger partial charge in [0.1, 0.15) is 24.1 Å². The summed E-state index contributed by atoms with van der Waals surface area (Å²) in [7, 11) is -4.75. The predicted molar refractivity (Wildman–Crippen MR) is 69.1 cm³/mol. The normalized spacial score (nSPS) is 28.9. The van der Waals surface area contributed by atoms with Crippen molar-refractivity contribution in [1.82, 2.24) is 9.55 Å². The number of aliphatic hydroxyl groups is 2. The molecule has 8 N–H and O–H groups in total. The number of hydrogen-bond donors (Lipinski definition) is 6. The molecule has 1 amide bonds. The van der Waals surface area contributed by atoms with E-state index in [9.17, 15) is 19.6 Å². The molecule has 0 saturated carbocycles. The van der Waals surface area contributed by atoms with Gasteiger partial charge in [-0.25, -0.2) is 9.55 Å². The van der Waals surface area contributed by atoms with E-state index in [1.54, 1.807) is 0 Å². The summed E-state index contributed by atoms with van der Waals surface area (Å²) in [6.45, 7) is -0.656. The molecule has 1 aliphatic heterocycles. The zero-order valence-corrected chi connectivity index (χ0v) is 11.9. The molecule has 2 heterocycles. The fourth-order valence-electron chi connectivity index (χ4n) is 2.03. The van der Waals surface area contributed by atoms with Gasteiger partial charge in [-0.3, -0.25) is 13.9 Å². The highest BCUT2D eigenvalue weighted by Crippen LogP contribution is 2.38. The highest BCUT2D eigenvalue weighted by atomic mass is 31.2. The summed E-state index contributed by atoms with van der Waals surface area (Å²) in [5, 5.41) is 19.8. The molecule has 4 atom stereocenters. The van der Waals surface area contributed by atoms with E-state index in [0.29, 0.717) is 0 Å². The molecular weight excluding hydrogens is 323 g/mol. The van der Waals surface area contributed by atoms with Crippen molar-refractivity contribution in [3.8, 4) is 0 Å². The summed E-state index contributed by atoms with van der Waals surface area (Å²) < 4.78 is 21.2. The SMILES string of the molecule is NC(=O)c1ncn([C@@H]2O[C@@H](COP(=O)(O)O)[C@@H](O)[C@@H]2O)c1N. The van der Waals surface area contributed by atoms with Crippen molar-refractivity contribution in [2.75, 3.05) is 12.3 Å². The molecular formula is C9H15N4O8P. The van der Waals surface area contributed by atoms with E-state index in [2.05, 4.69) is 9.51 Å². The first kappa shape index (κ1) is 16.8. The first-order chi connectivity index (χ1) is 10.1. The number of aliphatic hydroxyl groups excluding tert-OH is 2. The molecule has 1 fully saturated rings. The molecule has 0 unspecified atom stereocenters. The number of nitrogens with two attached hydrogens (primary N) is 2. The number of aromatic nitrogens is 2. The highest BCUT2D eigenvalue weighted by molar-refractivity contribution is 7.46. The number of primary amides is 1. The van der Waals surface area contributed by atoms with Crippen molar-refractivity contribution in [1.29, 1.82) is 0 Å². The van der Waals surface area contributed by atoms with E-state index in [-0.39, 0.29) is 11.5 Å². The van der Waals surface area contributed by atoms with Crippen LogP contribution in [0.15, 0.2) is 6.33 Å². The average molecular weight is 338 g/mol. The van der Waals surface area contributed by atoms with Crippen molar-refractivity contribution < 1.29 is 38.6 Å². The molecule has 0 radical (unpaired) electrons. The van der Waals surface area contributed by atoms with Crippen LogP contribution < -0.4 is 11.5 Å². The van der Waals surface area contributed by atoms with E-state index < -0.39 is 44.9 Å². The molecule has 1 aromatic rings. The second kappa shape index (κ2) is 5.93. The third-order valence-electron chi connectivity index (χ3n) is 3.08.